The fourth-order valence-electron chi connectivity index (χ4n) is 1.72. The molecule has 2 heteroatoms. The molecule has 0 aliphatic carbocycles. The standard InChI is InChI=1S/C12H16O2/c1-8-5-12(13-3)9(2)4-10(8)6-11-7-14-11/h4-5,11H,6-7H2,1-3H3. The van der Waals surface area contributed by atoms with Crippen molar-refractivity contribution < 1.29 is 9.47 Å². The van der Waals surface area contributed by atoms with Crippen LogP contribution in [0, 0.1) is 13.8 Å². The van der Waals surface area contributed by atoms with Crippen molar-refractivity contribution in [3.8, 4) is 5.75 Å². The van der Waals surface area contributed by atoms with Crippen LogP contribution in [0.25, 0.3) is 0 Å². The molecule has 14 heavy (non-hydrogen) atoms. The Hall–Kier alpha value is -1.02. The molecule has 1 heterocycles. The fraction of sp³-hybridized carbons (Fsp3) is 0.500. The monoisotopic (exact) mass is 192 g/mol. The molecule has 76 valence electrons. The number of hydrogen-bond acceptors (Lipinski definition) is 2. The molecule has 1 saturated heterocycles. The molecule has 2 rings (SSSR count). The van der Waals surface area contributed by atoms with Crippen LogP contribution < -0.4 is 4.74 Å². The number of hydrogen-bond donors (Lipinski definition) is 0. The highest BCUT2D eigenvalue weighted by Crippen LogP contribution is 2.25. The quantitative estimate of drug-likeness (QED) is 0.685. The van der Waals surface area contributed by atoms with Gasteiger partial charge in [-0.15, -0.1) is 0 Å². The number of benzene rings is 1. The van der Waals surface area contributed by atoms with Crippen LogP contribution in [0.15, 0.2) is 12.1 Å². The zero-order valence-corrected chi connectivity index (χ0v) is 8.96. The molecule has 0 spiro atoms. The summed E-state index contributed by atoms with van der Waals surface area (Å²) >= 11 is 0. The third-order valence-electron chi connectivity index (χ3n) is 2.70. The first-order chi connectivity index (χ1) is 6.70. The van der Waals surface area contributed by atoms with Gasteiger partial charge in [0.25, 0.3) is 0 Å². The zero-order chi connectivity index (χ0) is 10.1. The van der Waals surface area contributed by atoms with Gasteiger partial charge in [0.2, 0.25) is 0 Å². The highest BCUT2D eigenvalue weighted by Gasteiger charge is 2.23. The summed E-state index contributed by atoms with van der Waals surface area (Å²) in [6.45, 7) is 5.12. The molecule has 1 aromatic rings. The summed E-state index contributed by atoms with van der Waals surface area (Å²) in [5.74, 6) is 0.975. The van der Waals surface area contributed by atoms with Gasteiger partial charge in [0.05, 0.1) is 19.8 Å². The van der Waals surface area contributed by atoms with E-state index in [2.05, 4.69) is 26.0 Å². The van der Waals surface area contributed by atoms with E-state index in [-0.39, 0.29) is 0 Å². The predicted molar refractivity (Wildman–Crippen MR) is 55.9 cm³/mol. The van der Waals surface area contributed by atoms with E-state index in [0.29, 0.717) is 6.10 Å². The van der Waals surface area contributed by atoms with Crippen molar-refractivity contribution in [1.29, 1.82) is 0 Å². The summed E-state index contributed by atoms with van der Waals surface area (Å²) in [6.07, 6.45) is 1.50. The van der Waals surface area contributed by atoms with Gasteiger partial charge in [-0.05, 0) is 36.6 Å². The van der Waals surface area contributed by atoms with E-state index in [1.165, 1.54) is 16.7 Å². The lowest BCUT2D eigenvalue weighted by Gasteiger charge is -2.10. The van der Waals surface area contributed by atoms with Gasteiger partial charge in [-0.2, -0.15) is 0 Å². The average molecular weight is 192 g/mol. The summed E-state index contributed by atoms with van der Waals surface area (Å²) in [4.78, 5) is 0. The van der Waals surface area contributed by atoms with Crippen LogP contribution in [0.1, 0.15) is 16.7 Å². The molecule has 2 nitrogen and oxygen atoms in total. The Morgan fingerprint density at radius 3 is 2.64 bits per heavy atom. The smallest absolute Gasteiger partial charge is 0.122 e. The second kappa shape index (κ2) is 3.62. The molecule has 1 unspecified atom stereocenters. The van der Waals surface area contributed by atoms with E-state index in [1.807, 2.05) is 0 Å². The van der Waals surface area contributed by atoms with Gasteiger partial charge in [0, 0.05) is 6.42 Å². The molecule has 0 N–H and O–H groups in total. The van der Waals surface area contributed by atoms with Crippen LogP contribution >= 0.6 is 0 Å². The Morgan fingerprint density at radius 2 is 2.07 bits per heavy atom. The van der Waals surface area contributed by atoms with E-state index >= 15 is 0 Å². The minimum atomic E-state index is 0.460. The summed E-state index contributed by atoms with van der Waals surface area (Å²) in [7, 11) is 1.71. The summed E-state index contributed by atoms with van der Waals surface area (Å²) < 4.78 is 10.5. The topological polar surface area (TPSA) is 21.8 Å². The van der Waals surface area contributed by atoms with Crippen molar-refractivity contribution in [2.75, 3.05) is 13.7 Å². The summed E-state index contributed by atoms with van der Waals surface area (Å²) in [5, 5.41) is 0. The van der Waals surface area contributed by atoms with Gasteiger partial charge in [-0.25, -0.2) is 0 Å². The van der Waals surface area contributed by atoms with Gasteiger partial charge in [0.15, 0.2) is 0 Å². The average Bonchev–Trinajstić information content (AvgIpc) is 2.94. The maximum atomic E-state index is 5.27. The van der Waals surface area contributed by atoms with Crippen molar-refractivity contribution in [1.82, 2.24) is 0 Å². The Morgan fingerprint density at radius 1 is 1.36 bits per heavy atom. The number of epoxide rings is 1. The molecule has 1 aliphatic heterocycles. The number of ether oxygens (including phenoxy) is 2. The van der Waals surface area contributed by atoms with Crippen molar-refractivity contribution in [2.45, 2.75) is 26.4 Å². The van der Waals surface area contributed by atoms with Gasteiger partial charge in [0.1, 0.15) is 5.75 Å². The van der Waals surface area contributed by atoms with Gasteiger partial charge in [-0.3, -0.25) is 0 Å². The molecule has 0 aromatic heterocycles. The SMILES string of the molecule is COc1cc(C)c(CC2CO2)cc1C. The molecule has 1 atom stereocenters. The molecule has 0 radical (unpaired) electrons. The van der Waals surface area contributed by atoms with Crippen LogP contribution in [0.5, 0.6) is 5.75 Å². The number of rotatable bonds is 3. The first-order valence-corrected chi connectivity index (χ1v) is 4.96. The van der Waals surface area contributed by atoms with Crippen molar-refractivity contribution >= 4 is 0 Å². The minimum Gasteiger partial charge on any atom is -0.496 e. The van der Waals surface area contributed by atoms with Gasteiger partial charge < -0.3 is 9.47 Å². The van der Waals surface area contributed by atoms with Crippen LogP contribution in [-0.4, -0.2) is 19.8 Å². The Bertz CT molecular complexity index is 340. The van der Waals surface area contributed by atoms with Crippen molar-refractivity contribution in [2.24, 2.45) is 0 Å². The van der Waals surface area contributed by atoms with Crippen LogP contribution in [0.3, 0.4) is 0 Å². The highest BCUT2D eigenvalue weighted by atomic mass is 16.6. The van der Waals surface area contributed by atoms with Crippen LogP contribution in [0.2, 0.25) is 0 Å². The fourth-order valence-corrected chi connectivity index (χ4v) is 1.72. The second-order valence-corrected chi connectivity index (χ2v) is 3.91. The van der Waals surface area contributed by atoms with E-state index in [0.717, 1.165) is 18.8 Å². The Kier molecular flexibility index (Phi) is 2.46. The maximum absolute atomic E-state index is 5.27. The lowest BCUT2D eigenvalue weighted by molar-refractivity contribution is 0.405. The summed E-state index contributed by atoms with van der Waals surface area (Å²) in [6, 6.07) is 4.31. The maximum Gasteiger partial charge on any atom is 0.122 e. The first-order valence-electron chi connectivity index (χ1n) is 4.96. The Balaban J connectivity index is 2.26. The van der Waals surface area contributed by atoms with E-state index in [4.69, 9.17) is 9.47 Å². The number of methoxy groups -OCH3 is 1. The van der Waals surface area contributed by atoms with Crippen LogP contribution in [-0.2, 0) is 11.2 Å². The predicted octanol–water partition coefficient (Wildman–Crippen LogP) is 2.25. The third kappa shape index (κ3) is 1.90. The molecule has 1 aromatic carbocycles. The lowest BCUT2D eigenvalue weighted by Crippen LogP contribution is -1.98. The Labute approximate surface area is 84.8 Å². The highest BCUT2D eigenvalue weighted by molar-refractivity contribution is 5.41. The molecule has 1 aliphatic rings. The lowest BCUT2D eigenvalue weighted by atomic mass is 10.0. The minimum absolute atomic E-state index is 0.460. The first kappa shape index (κ1) is 9.53. The zero-order valence-electron chi connectivity index (χ0n) is 8.96. The molecule has 0 amide bonds. The largest absolute Gasteiger partial charge is 0.496 e. The van der Waals surface area contributed by atoms with Gasteiger partial charge >= 0.3 is 0 Å². The van der Waals surface area contributed by atoms with Crippen LogP contribution in [0.4, 0.5) is 0 Å². The normalized spacial score (nSPS) is 19.5. The van der Waals surface area contributed by atoms with Crippen molar-refractivity contribution in [3.63, 3.8) is 0 Å². The van der Waals surface area contributed by atoms with Gasteiger partial charge in [-0.1, -0.05) is 6.07 Å². The van der Waals surface area contributed by atoms with Crippen molar-refractivity contribution in [3.05, 3.63) is 28.8 Å². The molecule has 0 bridgehead atoms. The third-order valence-corrected chi connectivity index (χ3v) is 2.70. The van der Waals surface area contributed by atoms with E-state index in [1.54, 1.807) is 7.11 Å². The molecular formula is C12H16O2. The molecule has 0 saturated carbocycles. The van der Waals surface area contributed by atoms with E-state index in [9.17, 15) is 0 Å². The number of aryl methyl sites for hydroxylation is 2. The summed E-state index contributed by atoms with van der Waals surface area (Å²) in [5.41, 5.74) is 3.88. The molecular weight excluding hydrogens is 176 g/mol. The van der Waals surface area contributed by atoms with E-state index < -0.39 is 0 Å². The molecule has 1 fully saturated rings. The second-order valence-electron chi connectivity index (χ2n) is 3.91.